The summed E-state index contributed by atoms with van der Waals surface area (Å²) in [7, 11) is 5.65. The Balaban J connectivity index is 1.79. The molecule has 4 aromatic carbocycles. The molecule has 0 fully saturated rings. The quantitative estimate of drug-likeness (QED) is 0.196. The van der Waals surface area contributed by atoms with Crippen LogP contribution < -0.4 is 28.4 Å². The van der Waals surface area contributed by atoms with E-state index < -0.39 is 26.9 Å². The van der Waals surface area contributed by atoms with Crippen LogP contribution in [0.1, 0.15) is 44.9 Å². The zero-order valence-electron chi connectivity index (χ0n) is 25.1. The normalized spacial score (nSPS) is 17.6. The monoisotopic (exact) mass is 604 g/mol. The van der Waals surface area contributed by atoms with Crippen LogP contribution in [0.3, 0.4) is 0 Å². The molecular formula is C34H36O8S. The first-order valence-corrected chi connectivity index (χ1v) is 15.5. The minimum absolute atomic E-state index is 0.173. The minimum Gasteiger partial charge on any atom is -0.497 e. The summed E-state index contributed by atoms with van der Waals surface area (Å²) in [6.07, 6.45) is 0. The second-order valence-corrected chi connectivity index (χ2v) is 12.5. The van der Waals surface area contributed by atoms with Gasteiger partial charge in [0.15, 0.2) is 9.84 Å². The molecule has 0 saturated carbocycles. The first-order valence-electron chi connectivity index (χ1n) is 13.7. The average Bonchev–Trinajstić information content (AvgIpc) is 3.40. The van der Waals surface area contributed by atoms with Crippen molar-refractivity contribution in [3.05, 3.63) is 107 Å². The van der Waals surface area contributed by atoms with Crippen molar-refractivity contribution in [1.29, 1.82) is 0 Å². The van der Waals surface area contributed by atoms with E-state index in [1.54, 1.807) is 79.1 Å². The number of hydrogen-bond acceptors (Lipinski definition) is 8. The van der Waals surface area contributed by atoms with Gasteiger partial charge in [-0.3, -0.25) is 0 Å². The maximum Gasteiger partial charge on any atom is 0.162 e. The number of ether oxygens (including phenoxy) is 6. The molecule has 0 radical (unpaired) electrons. The molecule has 8 nitrogen and oxygen atoms in total. The Hall–Kier alpha value is -4.37. The van der Waals surface area contributed by atoms with E-state index in [9.17, 15) is 8.42 Å². The van der Waals surface area contributed by atoms with Crippen molar-refractivity contribution < 1.29 is 36.8 Å². The first kappa shape index (κ1) is 30.1. The van der Waals surface area contributed by atoms with E-state index in [4.69, 9.17) is 28.4 Å². The Morgan fingerprint density at radius 3 is 1.58 bits per heavy atom. The van der Waals surface area contributed by atoms with E-state index in [0.717, 1.165) is 16.7 Å². The maximum absolute atomic E-state index is 14.7. The molecule has 226 valence electrons. The molecule has 0 amide bonds. The fraction of sp³-hybridized carbons (Fsp3) is 0.294. The maximum atomic E-state index is 14.7. The van der Waals surface area contributed by atoms with Gasteiger partial charge in [-0.15, -0.1) is 0 Å². The molecule has 0 bridgehead atoms. The van der Waals surface area contributed by atoms with Crippen molar-refractivity contribution in [2.75, 3.05) is 42.7 Å². The van der Waals surface area contributed by atoms with Gasteiger partial charge in [0.05, 0.1) is 53.7 Å². The topological polar surface area (TPSA) is 89.5 Å². The van der Waals surface area contributed by atoms with Gasteiger partial charge < -0.3 is 28.4 Å². The highest BCUT2D eigenvalue weighted by Crippen LogP contribution is 2.61. The van der Waals surface area contributed by atoms with E-state index in [-0.39, 0.29) is 5.75 Å². The Bertz CT molecular complexity index is 1660. The first-order chi connectivity index (χ1) is 20.8. The summed E-state index contributed by atoms with van der Waals surface area (Å²) >= 11 is 0. The van der Waals surface area contributed by atoms with Gasteiger partial charge in [0, 0.05) is 29.5 Å². The van der Waals surface area contributed by atoms with Crippen molar-refractivity contribution in [2.45, 2.75) is 22.8 Å². The van der Waals surface area contributed by atoms with Gasteiger partial charge in [0.1, 0.15) is 34.5 Å². The fourth-order valence-electron chi connectivity index (χ4n) is 6.06. The van der Waals surface area contributed by atoms with Gasteiger partial charge in [-0.25, -0.2) is 8.42 Å². The van der Waals surface area contributed by atoms with Crippen LogP contribution in [0.15, 0.2) is 78.9 Å². The molecule has 2 unspecified atom stereocenters. The Kier molecular flexibility index (Phi) is 8.73. The zero-order chi connectivity index (χ0) is 30.7. The van der Waals surface area contributed by atoms with E-state index in [1.165, 1.54) is 0 Å². The average molecular weight is 605 g/mol. The lowest BCUT2D eigenvalue weighted by molar-refractivity contribution is 0.389. The van der Waals surface area contributed by atoms with E-state index in [0.29, 0.717) is 45.6 Å². The van der Waals surface area contributed by atoms with E-state index in [2.05, 4.69) is 0 Å². The third-order valence-corrected chi connectivity index (χ3v) is 10.1. The zero-order valence-corrected chi connectivity index (χ0v) is 25.9. The molecule has 9 heteroatoms. The van der Waals surface area contributed by atoms with Gasteiger partial charge in [-0.05, 0) is 64.7 Å². The lowest BCUT2D eigenvalue weighted by Crippen LogP contribution is -2.21. The van der Waals surface area contributed by atoms with Gasteiger partial charge in [0.2, 0.25) is 0 Å². The summed E-state index contributed by atoms with van der Waals surface area (Å²) in [5.74, 6) is 2.42. The molecule has 0 saturated heterocycles. The second-order valence-electron chi connectivity index (χ2n) is 10.3. The van der Waals surface area contributed by atoms with Gasteiger partial charge >= 0.3 is 0 Å². The standard InChI is InChI=1S/C34H36O8S/c1-37-24-11-7-21(8-12-24)20-43(35,36)34-29-18-28(41-5)19-30(42-6)33(29)31(22-9-13-25(38-2)14-10-22)32(34)23-15-26(39-3)17-27(16-23)40-4/h7-19,31-32,34H,20H2,1-6H3/t31-,32?,34?/m1/s1. The largest absolute Gasteiger partial charge is 0.497 e. The molecule has 0 aliphatic heterocycles. The molecule has 0 aromatic heterocycles. The number of fused-ring (bicyclic) bond motifs is 1. The lowest BCUT2D eigenvalue weighted by atomic mass is 9.81. The third-order valence-electron chi connectivity index (χ3n) is 8.05. The summed E-state index contributed by atoms with van der Waals surface area (Å²) < 4.78 is 62.9. The Labute approximate surface area is 253 Å². The predicted molar refractivity (Wildman–Crippen MR) is 165 cm³/mol. The Morgan fingerprint density at radius 1 is 0.558 bits per heavy atom. The number of methoxy groups -OCH3 is 6. The highest BCUT2D eigenvalue weighted by molar-refractivity contribution is 7.91. The fourth-order valence-corrected chi connectivity index (χ4v) is 8.24. The highest BCUT2D eigenvalue weighted by Gasteiger charge is 2.50. The van der Waals surface area contributed by atoms with Crippen molar-refractivity contribution in [3.63, 3.8) is 0 Å². The van der Waals surface area contributed by atoms with E-state index >= 15 is 0 Å². The number of hydrogen-bond donors (Lipinski definition) is 0. The molecule has 5 rings (SSSR count). The second kappa shape index (κ2) is 12.5. The van der Waals surface area contributed by atoms with Crippen molar-refractivity contribution in [2.24, 2.45) is 0 Å². The molecule has 43 heavy (non-hydrogen) atoms. The predicted octanol–water partition coefficient (Wildman–Crippen LogP) is 6.32. The summed E-state index contributed by atoms with van der Waals surface area (Å²) in [5, 5.41) is -0.947. The van der Waals surface area contributed by atoms with Crippen LogP contribution in [0.4, 0.5) is 0 Å². The number of rotatable bonds is 11. The van der Waals surface area contributed by atoms with Gasteiger partial charge in [-0.2, -0.15) is 0 Å². The van der Waals surface area contributed by atoms with Gasteiger partial charge in [-0.1, -0.05) is 24.3 Å². The number of sulfone groups is 1. The molecule has 4 aromatic rings. The molecule has 0 spiro atoms. The van der Waals surface area contributed by atoms with Gasteiger partial charge in [0.25, 0.3) is 0 Å². The molecule has 1 aliphatic rings. The molecule has 1 aliphatic carbocycles. The van der Waals surface area contributed by atoms with Crippen LogP contribution in [0.25, 0.3) is 0 Å². The molecule has 0 heterocycles. The summed E-state index contributed by atoms with van der Waals surface area (Å²) in [4.78, 5) is 0. The van der Waals surface area contributed by atoms with Crippen molar-refractivity contribution in [1.82, 2.24) is 0 Å². The van der Waals surface area contributed by atoms with Crippen LogP contribution in [-0.4, -0.2) is 51.1 Å². The highest BCUT2D eigenvalue weighted by atomic mass is 32.2. The Morgan fingerprint density at radius 2 is 1.07 bits per heavy atom. The van der Waals surface area contributed by atoms with Crippen molar-refractivity contribution >= 4 is 9.84 Å². The molecule has 3 atom stereocenters. The van der Waals surface area contributed by atoms with E-state index in [1.807, 2.05) is 42.5 Å². The van der Waals surface area contributed by atoms with Crippen molar-refractivity contribution in [3.8, 4) is 34.5 Å². The lowest BCUT2D eigenvalue weighted by Gasteiger charge is -2.28. The van der Waals surface area contributed by atoms with Crippen LogP contribution in [0.2, 0.25) is 0 Å². The van der Waals surface area contributed by atoms with Crippen LogP contribution >= 0.6 is 0 Å². The summed E-state index contributed by atoms with van der Waals surface area (Å²) in [6.45, 7) is 0. The summed E-state index contributed by atoms with van der Waals surface area (Å²) in [6, 6.07) is 24.0. The minimum atomic E-state index is -3.84. The molecular weight excluding hydrogens is 568 g/mol. The number of benzene rings is 4. The smallest absolute Gasteiger partial charge is 0.162 e. The summed E-state index contributed by atoms with van der Waals surface area (Å²) in [5.41, 5.74) is 3.77. The third kappa shape index (κ3) is 5.82. The van der Waals surface area contributed by atoms with Crippen LogP contribution in [0, 0.1) is 0 Å². The SMILES string of the molecule is COc1ccc(CS(=O)(=O)C2c3cc(OC)cc(OC)c3[C@H](c3ccc(OC)cc3)C2c2cc(OC)cc(OC)c2)cc1. The van der Waals surface area contributed by atoms with Crippen LogP contribution in [0.5, 0.6) is 34.5 Å². The molecule has 0 N–H and O–H groups in total. The van der Waals surface area contributed by atoms with Crippen LogP contribution in [-0.2, 0) is 15.6 Å².